The first-order chi connectivity index (χ1) is 8.59. The SMILES string of the molecule is Cc1cccc(C(=O)N(C)Cc2ncn[nH]2)c1N. The fourth-order valence-electron chi connectivity index (χ4n) is 1.68. The minimum Gasteiger partial charge on any atom is -0.398 e. The molecule has 1 aromatic carbocycles. The van der Waals surface area contributed by atoms with Gasteiger partial charge in [-0.25, -0.2) is 4.98 Å². The number of rotatable bonds is 3. The number of amides is 1. The van der Waals surface area contributed by atoms with Gasteiger partial charge in [0.15, 0.2) is 0 Å². The van der Waals surface area contributed by atoms with Crippen molar-refractivity contribution in [3.05, 3.63) is 41.5 Å². The van der Waals surface area contributed by atoms with Crippen molar-refractivity contribution in [1.29, 1.82) is 0 Å². The molecule has 0 aliphatic rings. The summed E-state index contributed by atoms with van der Waals surface area (Å²) in [5.41, 5.74) is 7.84. The molecule has 18 heavy (non-hydrogen) atoms. The second-order valence-electron chi connectivity index (χ2n) is 4.13. The summed E-state index contributed by atoms with van der Waals surface area (Å²) in [7, 11) is 1.70. The van der Waals surface area contributed by atoms with Crippen LogP contribution in [0.2, 0.25) is 0 Å². The molecule has 1 amide bonds. The van der Waals surface area contributed by atoms with Gasteiger partial charge in [-0.2, -0.15) is 5.10 Å². The fourth-order valence-corrected chi connectivity index (χ4v) is 1.68. The number of hydrogen-bond donors (Lipinski definition) is 2. The molecular weight excluding hydrogens is 230 g/mol. The Morgan fingerprint density at radius 2 is 2.28 bits per heavy atom. The molecular formula is C12H15N5O. The van der Waals surface area contributed by atoms with Crippen LogP contribution in [0.3, 0.4) is 0 Å². The number of carbonyl (C=O) groups excluding carboxylic acids is 1. The second kappa shape index (κ2) is 4.87. The van der Waals surface area contributed by atoms with E-state index < -0.39 is 0 Å². The van der Waals surface area contributed by atoms with Crippen molar-refractivity contribution in [1.82, 2.24) is 20.1 Å². The highest BCUT2D eigenvalue weighted by Crippen LogP contribution is 2.18. The molecule has 0 saturated carbocycles. The average Bonchev–Trinajstić information content (AvgIpc) is 2.84. The summed E-state index contributed by atoms with van der Waals surface area (Å²) in [6.45, 7) is 2.24. The number of para-hydroxylation sites is 1. The Labute approximate surface area is 105 Å². The molecule has 0 radical (unpaired) electrons. The van der Waals surface area contributed by atoms with E-state index >= 15 is 0 Å². The summed E-state index contributed by atoms with van der Waals surface area (Å²) in [5.74, 6) is 0.504. The molecule has 0 saturated heterocycles. The number of hydrogen-bond acceptors (Lipinski definition) is 4. The van der Waals surface area contributed by atoms with E-state index in [0.29, 0.717) is 23.6 Å². The first-order valence-corrected chi connectivity index (χ1v) is 5.54. The number of nitrogens with two attached hydrogens (primary N) is 1. The minimum atomic E-state index is -0.132. The van der Waals surface area contributed by atoms with Crippen LogP contribution < -0.4 is 5.73 Å². The summed E-state index contributed by atoms with van der Waals surface area (Å²) in [6.07, 6.45) is 1.41. The number of aromatic nitrogens is 3. The molecule has 94 valence electrons. The molecule has 0 unspecified atom stereocenters. The summed E-state index contributed by atoms with van der Waals surface area (Å²) >= 11 is 0. The Bertz CT molecular complexity index is 550. The van der Waals surface area contributed by atoms with Crippen LogP contribution in [0, 0.1) is 6.92 Å². The van der Waals surface area contributed by atoms with Crippen LogP contribution in [-0.4, -0.2) is 33.0 Å². The third-order valence-electron chi connectivity index (χ3n) is 2.75. The zero-order chi connectivity index (χ0) is 13.1. The van der Waals surface area contributed by atoms with Gasteiger partial charge in [0.25, 0.3) is 5.91 Å². The van der Waals surface area contributed by atoms with E-state index in [1.165, 1.54) is 6.33 Å². The molecule has 6 nitrogen and oxygen atoms in total. The number of anilines is 1. The Hall–Kier alpha value is -2.37. The van der Waals surface area contributed by atoms with E-state index in [2.05, 4.69) is 15.2 Å². The summed E-state index contributed by atoms with van der Waals surface area (Å²) < 4.78 is 0. The lowest BCUT2D eigenvalue weighted by atomic mass is 10.1. The van der Waals surface area contributed by atoms with Crippen LogP contribution >= 0.6 is 0 Å². The van der Waals surface area contributed by atoms with E-state index in [4.69, 9.17) is 5.73 Å². The number of nitrogens with one attached hydrogen (secondary N) is 1. The third kappa shape index (κ3) is 2.32. The maximum atomic E-state index is 12.2. The molecule has 6 heteroatoms. The lowest BCUT2D eigenvalue weighted by molar-refractivity contribution is 0.0782. The van der Waals surface area contributed by atoms with Gasteiger partial charge >= 0.3 is 0 Å². The van der Waals surface area contributed by atoms with Crippen LogP contribution in [0.15, 0.2) is 24.5 Å². The van der Waals surface area contributed by atoms with Crippen molar-refractivity contribution in [2.24, 2.45) is 0 Å². The van der Waals surface area contributed by atoms with Gasteiger partial charge in [0.2, 0.25) is 0 Å². The lowest BCUT2D eigenvalue weighted by Gasteiger charge is -2.17. The molecule has 0 aliphatic heterocycles. The second-order valence-corrected chi connectivity index (χ2v) is 4.13. The molecule has 0 bridgehead atoms. The number of H-pyrrole nitrogens is 1. The highest BCUT2D eigenvalue weighted by atomic mass is 16.2. The topological polar surface area (TPSA) is 87.9 Å². The molecule has 0 atom stereocenters. The molecule has 3 N–H and O–H groups in total. The monoisotopic (exact) mass is 245 g/mol. The fraction of sp³-hybridized carbons (Fsp3) is 0.250. The van der Waals surface area contributed by atoms with Crippen molar-refractivity contribution < 1.29 is 4.79 Å². The predicted molar refractivity (Wildman–Crippen MR) is 67.8 cm³/mol. The van der Waals surface area contributed by atoms with Crippen molar-refractivity contribution in [2.45, 2.75) is 13.5 Å². The quantitative estimate of drug-likeness (QED) is 0.788. The standard InChI is InChI=1S/C12H15N5O/c1-8-4-3-5-9(11(8)13)12(18)17(2)6-10-14-7-15-16-10/h3-5,7H,6,13H2,1-2H3,(H,14,15,16). The predicted octanol–water partition coefficient (Wildman–Crippen LogP) is 0.968. The van der Waals surface area contributed by atoms with Gasteiger partial charge in [-0.05, 0) is 18.6 Å². The normalized spacial score (nSPS) is 10.3. The van der Waals surface area contributed by atoms with Crippen LogP contribution in [0.4, 0.5) is 5.69 Å². The Kier molecular flexibility index (Phi) is 3.27. The molecule has 2 rings (SSSR count). The van der Waals surface area contributed by atoms with E-state index in [1.807, 2.05) is 19.1 Å². The van der Waals surface area contributed by atoms with Crippen LogP contribution in [-0.2, 0) is 6.54 Å². The van der Waals surface area contributed by atoms with Gasteiger partial charge in [0, 0.05) is 12.7 Å². The smallest absolute Gasteiger partial charge is 0.256 e. The van der Waals surface area contributed by atoms with Crippen molar-refractivity contribution in [2.75, 3.05) is 12.8 Å². The molecule has 0 aliphatic carbocycles. The average molecular weight is 245 g/mol. The number of nitrogens with zero attached hydrogens (tertiary/aromatic N) is 3. The van der Waals surface area contributed by atoms with Crippen LogP contribution in [0.1, 0.15) is 21.7 Å². The first-order valence-electron chi connectivity index (χ1n) is 5.54. The van der Waals surface area contributed by atoms with Gasteiger partial charge in [-0.15, -0.1) is 0 Å². The number of aryl methyl sites for hydroxylation is 1. The summed E-state index contributed by atoms with van der Waals surface area (Å²) in [4.78, 5) is 17.8. The zero-order valence-corrected chi connectivity index (χ0v) is 10.3. The minimum absolute atomic E-state index is 0.132. The van der Waals surface area contributed by atoms with Gasteiger partial charge in [0.05, 0.1) is 12.1 Å². The third-order valence-corrected chi connectivity index (χ3v) is 2.75. The molecule has 0 fully saturated rings. The summed E-state index contributed by atoms with van der Waals surface area (Å²) in [5, 5.41) is 6.45. The Balaban J connectivity index is 2.18. The van der Waals surface area contributed by atoms with Gasteiger partial charge < -0.3 is 10.6 Å². The van der Waals surface area contributed by atoms with Crippen molar-refractivity contribution in [3.63, 3.8) is 0 Å². The van der Waals surface area contributed by atoms with Crippen molar-refractivity contribution in [3.8, 4) is 0 Å². The van der Waals surface area contributed by atoms with Crippen molar-refractivity contribution >= 4 is 11.6 Å². The molecule has 1 aromatic heterocycles. The lowest BCUT2D eigenvalue weighted by Crippen LogP contribution is -2.27. The maximum absolute atomic E-state index is 12.2. The maximum Gasteiger partial charge on any atom is 0.256 e. The molecule has 1 heterocycles. The Morgan fingerprint density at radius 3 is 2.94 bits per heavy atom. The van der Waals surface area contributed by atoms with Gasteiger partial charge in [-0.3, -0.25) is 9.89 Å². The highest BCUT2D eigenvalue weighted by Gasteiger charge is 2.16. The van der Waals surface area contributed by atoms with Crippen LogP contribution in [0.25, 0.3) is 0 Å². The number of nitrogen functional groups attached to an aromatic ring is 1. The van der Waals surface area contributed by atoms with Gasteiger partial charge in [0.1, 0.15) is 12.2 Å². The van der Waals surface area contributed by atoms with Crippen LogP contribution in [0.5, 0.6) is 0 Å². The van der Waals surface area contributed by atoms with E-state index in [-0.39, 0.29) is 5.91 Å². The zero-order valence-electron chi connectivity index (χ0n) is 10.3. The molecule has 0 spiro atoms. The Morgan fingerprint density at radius 1 is 1.50 bits per heavy atom. The largest absolute Gasteiger partial charge is 0.398 e. The van der Waals surface area contributed by atoms with E-state index in [0.717, 1.165) is 5.56 Å². The van der Waals surface area contributed by atoms with E-state index in [1.54, 1.807) is 18.0 Å². The van der Waals surface area contributed by atoms with Gasteiger partial charge in [-0.1, -0.05) is 12.1 Å². The van der Waals surface area contributed by atoms with E-state index in [9.17, 15) is 4.79 Å². The summed E-state index contributed by atoms with van der Waals surface area (Å²) in [6, 6.07) is 5.42. The number of aromatic amines is 1. The highest BCUT2D eigenvalue weighted by molar-refractivity contribution is 5.99. The number of carbonyl (C=O) groups is 1. The first kappa shape index (κ1) is 12.1. The molecule has 2 aromatic rings. The number of benzene rings is 1.